The lowest BCUT2D eigenvalue weighted by Crippen LogP contribution is -1.96. The Morgan fingerprint density at radius 3 is 2.59 bits per heavy atom. The van der Waals surface area contributed by atoms with Crippen molar-refractivity contribution in [2.24, 2.45) is 0 Å². The molecule has 2 aromatic rings. The normalized spacial score (nSPS) is 10.5. The maximum absolute atomic E-state index is 11.4. The van der Waals surface area contributed by atoms with Crippen molar-refractivity contribution in [3.8, 4) is 5.75 Å². The van der Waals surface area contributed by atoms with Gasteiger partial charge in [-0.05, 0) is 34.7 Å². The molecule has 0 saturated heterocycles. The van der Waals surface area contributed by atoms with Crippen LogP contribution in [-0.2, 0) is 11.2 Å². The monoisotopic (exact) mass is 246 g/mol. The van der Waals surface area contributed by atoms with Crippen LogP contribution < -0.4 is 4.74 Å². The van der Waals surface area contributed by atoms with E-state index in [-0.39, 0.29) is 5.12 Å². The summed E-state index contributed by atoms with van der Waals surface area (Å²) in [5.41, 5.74) is 1.06. The average molecular weight is 246 g/mol. The van der Waals surface area contributed by atoms with E-state index >= 15 is 0 Å². The molecule has 0 radical (unpaired) electrons. The number of carbonyl (C=O) groups excluding carboxylic acids is 1. The number of carbonyl (C=O) groups is 1. The van der Waals surface area contributed by atoms with E-state index in [1.165, 1.54) is 11.8 Å². The number of fused-ring (bicyclic) bond motifs is 1. The SMILES string of the molecule is COc1ccc2cc(CC(=O)SC)ccc2c1. The van der Waals surface area contributed by atoms with Gasteiger partial charge in [0.05, 0.1) is 7.11 Å². The summed E-state index contributed by atoms with van der Waals surface area (Å²) in [5, 5.41) is 2.46. The van der Waals surface area contributed by atoms with Gasteiger partial charge in [-0.3, -0.25) is 4.79 Å². The molecule has 0 amide bonds. The summed E-state index contributed by atoms with van der Waals surface area (Å²) in [6.07, 6.45) is 2.30. The fourth-order valence-electron chi connectivity index (χ4n) is 1.75. The van der Waals surface area contributed by atoms with Crippen LogP contribution in [-0.4, -0.2) is 18.5 Å². The summed E-state index contributed by atoms with van der Waals surface area (Å²) in [6, 6.07) is 12.0. The quantitative estimate of drug-likeness (QED) is 0.831. The van der Waals surface area contributed by atoms with Crippen LogP contribution in [0, 0.1) is 0 Å². The third-order valence-electron chi connectivity index (χ3n) is 2.69. The highest BCUT2D eigenvalue weighted by Gasteiger charge is 2.03. The van der Waals surface area contributed by atoms with Gasteiger partial charge in [-0.1, -0.05) is 36.0 Å². The van der Waals surface area contributed by atoms with Gasteiger partial charge in [0.2, 0.25) is 0 Å². The molecule has 0 aromatic heterocycles. The lowest BCUT2D eigenvalue weighted by atomic mass is 10.1. The van der Waals surface area contributed by atoms with Crippen LogP contribution >= 0.6 is 11.8 Å². The minimum atomic E-state index is 0.192. The van der Waals surface area contributed by atoms with Crippen molar-refractivity contribution in [3.05, 3.63) is 42.0 Å². The zero-order chi connectivity index (χ0) is 12.3. The van der Waals surface area contributed by atoms with Crippen molar-refractivity contribution >= 4 is 27.6 Å². The van der Waals surface area contributed by atoms with Crippen molar-refractivity contribution in [1.82, 2.24) is 0 Å². The molecule has 17 heavy (non-hydrogen) atoms. The fourth-order valence-corrected chi connectivity index (χ4v) is 2.06. The van der Waals surface area contributed by atoms with E-state index in [2.05, 4.69) is 6.07 Å². The molecule has 2 aromatic carbocycles. The van der Waals surface area contributed by atoms with Gasteiger partial charge >= 0.3 is 0 Å². The van der Waals surface area contributed by atoms with Gasteiger partial charge in [0.15, 0.2) is 5.12 Å². The van der Waals surface area contributed by atoms with Crippen LogP contribution in [0.15, 0.2) is 36.4 Å². The first kappa shape index (κ1) is 12.0. The Bertz CT molecular complexity index is 549. The molecule has 2 nitrogen and oxygen atoms in total. The molecule has 0 aliphatic heterocycles. The largest absolute Gasteiger partial charge is 0.497 e. The van der Waals surface area contributed by atoms with Gasteiger partial charge in [0.1, 0.15) is 5.75 Å². The van der Waals surface area contributed by atoms with Crippen molar-refractivity contribution in [2.75, 3.05) is 13.4 Å². The molecular formula is C14H14O2S. The van der Waals surface area contributed by atoms with Gasteiger partial charge in [-0.2, -0.15) is 0 Å². The van der Waals surface area contributed by atoms with E-state index in [4.69, 9.17) is 4.74 Å². The summed E-state index contributed by atoms with van der Waals surface area (Å²) in [6.45, 7) is 0. The van der Waals surface area contributed by atoms with E-state index in [1.807, 2.05) is 36.6 Å². The number of benzene rings is 2. The number of ether oxygens (including phenoxy) is 1. The van der Waals surface area contributed by atoms with Crippen molar-refractivity contribution in [2.45, 2.75) is 6.42 Å². The second kappa shape index (κ2) is 5.23. The summed E-state index contributed by atoms with van der Waals surface area (Å²) in [4.78, 5) is 11.4. The molecule has 88 valence electrons. The summed E-state index contributed by atoms with van der Waals surface area (Å²) < 4.78 is 5.18. The maximum Gasteiger partial charge on any atom is 0.193 e. The molecule has 0 aliphatic rings. The van der Waals surface area contributed by atoms with Gasteiger partial charge in [-0.15, -0.1) is 0 Å². The van der Waals surface area contributed by atoms with Crippen molar-refractivity contribution in [3.63, 3.8) is 0 Å². The Labute approximate surface area is 105 Å². The maximum atomic E-state index is 11.4. The van der Waals surface area contributed by atoms with E-state index in [0.29, 0.717) is 6.42 Å². The first-order chi connectivity index (χ1) is 8.22. The molecular weight excluding hydrogens is 232 g/mol. The van der Waals surface area contributed by atoms with E-state index < -0.39 is 0 Å². The highest BCUT2D eigenvalue weighted by molar-refractivity contribution is 8.13. The summed E-state index contributed by atoms with van der Waals surface area (Å²) >= 11 is 1.27. The molecule has 0 bridgehead atoms. The minimum Gasteiger partial charge on any atom is -0.497 e. The highest BCUT2D eigenvalue weighted by atomic mass is 32.2. The van der Waals surface area contributed by atoms with E-state index in [1.54, 1.807) is 7.11 Å². The molecule has 0 unspecified atom stereocenters. The number of hydrogen-bond donors (Lipinski definition) is 0. The molecule has 3 heteroatoms. The molecule has 0 fully saturated rings. The average Bonchev–Trinajstić information content (AvgIpc) is 2.38. The standard InChI is InChI=1S/C14H14O2S/c1-16-13-6-5-11-7-10(8-14(15)17-2)3-4-12(11)9-13/h3-7,9H,8H2,1-2H3. The predicted molar refractivity (Wildman–Crippen MR) is 72.7 cm³/mol. The Hall–Kier alpha value is -1.48. The summed E-state index contributed by atoms with van der Waals surface area (Å²) in [7, 11) is 1.66. The topological polar surface area (TPSA) is 26.3 Å². The Morgan fingerprint density at radius 1 is 1.18 bits per heavy atom. The molecule has 0 saturated carbocycles. The molecule has 0 spiro atoms. The predicted octanol–water partition coefficient (Wildman–Crippen LogP) is 3.28. The highest BCUT2D eigenvalue weighted by Crippen LogP contribution is 2.22. The number of rotatable bonds is 3. The Balaban J connectivity index is 2.34. The summed E-state index contributed by atoms with van der Waals surface area (Å²) in [5.74, 6) is 0.852. The van der Waals surface area contributed by atoms with Gasteiger partial charge < -0.3 is 4.74 Å². The van der Waals surface area contributed by atoms with Crippen LogP contribution in [0.25, 0.3) is 10.8 Å². The minimum absolute atomic E-state index is 0.192. The lowest BCUT2D eigenvalue weighted by Gasteiger charge is -2.04. The third kappa shape index (κ3) is 2.80. The second-order valence-electron chi connectivity index (χ2n) is 3.80. The van der Waals surface area contributed by atoms with Crippen LogP contribution in [0.4, 0.5) is 0 Å². The van der Waals surface area contributed by atoms with Gasteiger partial charge in [-0.25, -0.2) is 0 Å². The van der Waals surface area contributed by atoms with Crippen LogP contribution in [0.3, 0.4) is 0 Å². The Kier molecular flexibility index (Phi) is 3.69. The number of hydrogen-bond acceptors (Lipinski definition) is 3. The number of methoxy groups -OCH3 is 1. The van der Waals surface area contributed by atoms with Gasteiger partial charge in [0.25, 0.3) is 0 Å². The molecule has 0 N–H and O–H groups in total. The zero-order valence-corrected chi connectivity index (χ0v) is 10.7. The lowest BCUT2D eigenvalue weighted by molar-refractivity contribution is -0.110. The first-order valence-electron chi connectivity index (χ1n) is 5.36. The van der Waals surface area contributed by atoms with E-state index in [9.17, 15) is 4.79 Å². The zero-order valence-electron chi connectivity index (χ0n) is 9.90. The van der Waals surface area contributed by atoms with Crippen molar-refractivity contribution < 1.29 is 9.53 Å². The Morgan fingerprint density at radius 2 is 1.88 bits per heavy atom. The molecule has 0 atom stereocenters. The fraction of sp³-hybridized carbons (Fsp3) is 0.214. The van der Waals surface area contributed by atoms with Crippen LogP contribution in [0.5, 0.6) is 5.75 Å². The molecule has 0 heterocycles. The van der Waals surface area contributed by atoms with Crippen LogP contribution in [0.2, 0.25) is 0 Å². The van der Waals surface area contributed by atoms with Crippen molar-refractivity contribution in [1.29, 1.82) is 0 Å². The first-order valence-corrected chi connectivity index (χ1v) is 6.59. The van der Waals surface area contributed by atoms with Crippen LogP contribution in [0.1, 0.15) is 5.56 Å². The van der Waals surface area contributed by atoms with Gasteiger partial charge in [0, 0.05) is 6.42 Å². The number of thioether (sulfide) groups is 1. The third-order valence-corrected chi connectivity index (χ3v) is 3.29. The molecule has 0 aliphatic carbocycles. The second-order valence-corrected chi connectivity index (χ2v) is 4.66. The van der Waals surface area contributed by atoms with E-state index in [0.717, 1.165) is 22.1 Å². The molecule has 2 rings (SSSR count). The smallest absolute Gasteiger partial charge is 0.193 e.